The fourth-order valence-electron chi connectivity index (χ4n) is 2.76. The third-order valence-electron chi connectivity index (χ3n) is 3.76. The van der Waals surface area contributed by atoms with E-state index < -0.39 is 26.6 Å². The van der Waals surface area contributed by atoms with Gasteiger partial charge in [-0.25, -0.2) is 17.2 Å². The number of halogens is 2. The van der Waals surface area contributed by atoms with Gasteiger partial charge in [-0.2, -0.15) is 16.1 Å². The predicted molar refractivity (Wildman–Crippen MR) is 75.7 cm³/mol. The summed E-state index contributed by atoms with van der Waals surface area (Å²) >= 11 is 1.68. The lowest BCUT2D eigenvalue weighted by atomic mass is 10.1. The largest absolute Gasteiger partial charge is 0.380 e. The lowest BCUT2D eigenvalue weighted by Crippen LogP contribution is -2.54. The third kappa shape index (κ3) is 2.81. The zero-order chi connectivity index (χ0) is 15.0. The Morgan fingerprint density at radius 1 is 1.33 bits per heavy atom. The molecule has 2 saturated heterocycles. The SMILES string of the molecule is O=S(=O)(c1ccc(F)cc1F)N1CCS[C@H]2COCC[C@@H]21. The summed E-state index contributed by atoms with van der Waals surface area (Å²) in [6, 6.07) is 2.38. The molecule has 0 aromatic heterocycles. The van der Waals surface area contributed by atoms with E-state index in [1.807, 2.05) is 0 Å². The summed E-state index contributed by atoms with van der Waals surface area (Å²) in [5.74, 6) is -1.19. The van der Waals surface area contributed by atoms with Crippen molar-refractivity contribution in [2.24, 2.45) is 0 Å². The maximum absolute atomic E-state index is 13.8. The van der Waals surface area contributed by atoms with Gasteiger partial charge in [0.05, 0.1) is 6.61 Å². The van der Waals surface area contributed by atoms with Crippen molar-refractivity contribution in [3.63, 3.8) is 0 Å². The van der Waals surface area contributed by atoms with Crippen LogP contribution in [-0.2, 0) is 14.8 Å². The number of nitrogens with zero attached hydrogens (tertiary/aromatic N) is 1. The Morgan fingerprint density at radius 2 is 2.14 bits per heavy atom. The van der Waals surface area contributed by atoms with Crippen LogP contribution in [0.1, 0.15) is 6.42 Å². The van der Waals surface area contributed by atoms with Gasteiger partial charge < -0.3 is 4.74 Å². The molecular weight excluding hydrogens is 320 g/mol. The average Bonchev–Trinajstić information content (AvgIpc) is 2.46. The summed E-state index contributed by atoms with van der Waals surface area (Å²) in [6.07, 6.45) is 0.597. The van der Waals surface area contributed by atoms with Crippen LogP contribution in [0.25, 0.3) is 0 Å². The van der Waals surface area contributed by atoms with E-state index in [2.05, 4.69) is 0 Å². The van der Waals surface area contributed by atoms with Gasteiger partial charge in [-0.1, -0.05) is 0 Å². The van der Waals surface area contributed by atoms with E-state index in [4.69, 9.17) is 4.74 Å². The molecule has 0 amide bonds. The molecule has 3 rings (SSSR count). The molecule has 116 valence electrons. The standard InChI is InChI=1S/C13H15F2NO3S2/c14-9-1-2-13(10(15)7-9)21(17,18)16-4-6-20-12-8-19-5-3-11(12)16/h1-2,7,11-12H,3-6,8H2/t11-,12-/m0/s1. The number of hydrogen-bond donors (Lipinski definition) is 0. The molecule has 2 aliphatic heterocycles. The third-order valence-corrected chi connectivity index (χ3v) is 7.02. The van der Waals surface area contributed by atoms with Crippen molar-refractivity contribution in [3.05, 3.63) is 29.8 Å². The molecule has 0 aliphatic carbocycles. The summed E-state index contributed by atoms with van der Waals surface area (Å²) < 4.78 is 58.9. The summed E-state index contributed by atoms with van der Waals surface area (Å²) in [5.41, 5.74) is 0. The van der Waals surface area contributed by atoms with Crippen LogP contribution in [0.5, 0.6) is 0 Å². The van der Waals surface area contributed by atoms with Gasteiger partial charge in [-0.3, -0.25) is 0 Å². The van der Waals surface area contributed by atoms with Crippen LogP contribution in [0.15, 0.2) is 23.1 Å². The maximum atomic E-state index is 13.8. The molecule has 0 spiro atoms. The summed E-state index contributed by atoms with van der Waals surface area (Å²) in [7, 11) is -3.96. The van der Waals surface area contributed by atoms with Crippen LogP contribution in [0.3, 0.4) is 0 Å². The first-order chi connectivity index (χ1) is 10.00. The molecule has 0 bridgehead atoms. The van der Waals surface area contributed by atoms with E-state index in [-0.39, 0.29) is 11.3 Å². The van der Waals surface area contributed by atoms with Gasteiger partial charge in [0.25, 0.3) is 0 Å². The normalized spacial score (nSPS) is 27.3. The highest BCUT2D eigenvalue weighted by Crippen LogP contribution is 2.34. The first-order valence-corrected chi connectivity index (χ1v) is 9.15. The van der Waals surface area contributed by atoms with Gasteiger partial charge in [-0.05, 0) is 18.6 Å². The molecule has 1 aromatic carbocycles. The average molecular weight is 335 g/mol. The van der Waals surface area contributed by atoms with Gasteiger partial charge in [0.15, 0.2) is 0 Å². The number of ether oxygens (including phenoxy) is 1. The quantitative estimate of drug-likeness (QED) is 0.828. The molecule has 2 heterocycles. The van der Waals surface area contributed by atoms with Gasteiger partial charge in [0.1, 0.15) is 16.5 Å². The van der Waals surface area contributed by atoms with Crippen LogP contribution < -0.4 is 0 Å². The Balaban J connectivity index is 1.96. The highest BCUT2D eigenvalue weighted by atomic mass is 32.2. The van der Waals surface area contributed by atoms with Crippen molar-refractivity contribution in [2.45, 2.75) is 22.6 Å². The first kappa shape index (κ1) is 15.2. The molecule has 2 atom stereocenters. The summed E-state index contributed by atoms with van der Waals surface area (Å²) in [5, 5.41) is 0.0748. The fourth-order valence-corrected chi connectivity index (χ4v) is 5.99. The van der Waals surface area contributed by atoms with E-state index in [0.717, 1.165) is 12.1 Å². The smallest absolute Gasteiger partial charge is 0.246 e. The molecule has 2 aliphatic rings. The molecule has 0 N–H and O–H groups in total. The number of thioether (sulfide) groups is 1. The molecule has 0 radical (unpaired) electrons. The van der Waals surface area contributed by atoms with E-state index in [1.165, 1.54) is 4.31 Å². The zero-order valence-electron chi connectivity index (χ0n) is 11.2. The Morgan fingerprint density at radius 3 is 2.90 bits per heavy atom. The molecule has 8 heteroatoms. The number of fused-ring (bicyclic) bond motifs is 1. The molecular formula is C13H15F2NO3S2. The van der Waals surface area contributed by atoms with Gasteiger partial charge in [0.2, 0.25) is 10.0 Å². The minimum absolute atomic E-state index is 0.0748. The van der Waals surface area contributed by atoms with Crippen LogP contribution in [-0.4, -0.2) is 49.5 Å². The zero-order valence-corrected chi connectivity index (χ0v) is 12.8. The van der Waals surface area contributed by atoms with Crippen LogP contribution in [0, 0.1) is 11.6 Å². The Kier molecular flexibility index (Phi) is 4.22. The van der Waals surface area contributed by atoms with Crippen LogP contribution >= 0.6 is 11.8 Å². The van der Waals surface area contributed by atoms with Crippen molar-refractivity contribution in [3.8, 4) is 0 Å². The second kappa shape index (κ2) is 5.83. The Labute approximate surface area is 126 Å². The second-order valence-electron chi connectivity index (χ2n) is 5.03. The molecule has 0 saturated carbocycles. The maximum Gasteiger partial charge on any atom is 0.246 e. The van der Waals surface area contributed by atoms with Crippen molar-refractivity contribution in [1.29, 1.82) is 0 Å². The highest BCUT2D eigenvalue weighted by Gasteiger charge is 2.41. The van der Waals surface area contributed by atoms with Crippen molar-refractivity contribution >= 4 is 21.8 Å². The summed E-state index contributed by atoms with van der Waals surface area (Å²) in [6.45, 7) is 1.35. The summed E-state index contributed by atoms with van der Waals surface area (Å²) in [4.78, 5) is -0.457. The van der Waals surface area contributed by atoms with Crippen molar-refractivity contribution in [1.82, 2.24) is 4.31 Å². The van der Waals surface area contributed by atoms with Gasteiger partial charge in [-0.15, -0.1) is 0 Å². The van der Waals surface area contributed by atoms with Crippen molar-refractivity contribution < 1.29 is 21.9 Å². The van der Waals surface area contributed by atoms with E-state index in [9.17, 15) is 17.2 Å². The second-order valence-corrected chi connectivity index (χ2v) is 8.24. The van der Waals surface area contributed by atoms with Gasteiger partial charge >= 0.3 is 0 Å². The number of sulfonamides is 1. The molecule has 0 unspecified atom stereocenters. The molecule has 21 heavy (non-hydrogen) atoms. The number of hydrogen-bond acceptors (Lipinski definition) is 4. The number of benzene rings is 1. The van der Waals surface area contributed by atoms with E-state index in [1.54, 1.807) is 11.8 Å². The van der Waals surface area contributed by atoms with E-state index >= 15 is 0 Å². The minimum atomic E-state index is -3.96. The molecule has 2 fully saturated rings. The fraction of sp³-hybridized carbons (Fsp3) is 0.538. The van der Waals surface area contributed by atoms with Crippen LogP contribution in [0.2, 0.25) is 0 Å². The van der Waals surface area contributed by atoms with Gasteiger partial charge in [0, 0.05) is 36.3 Å². The number of rotatable bonds is 2. The Hall–Kier alpha value is -0.700. The topological polar surface area (TPSA) is 46.6 Å². The molecule has 1 aromatic rings. The minimum Gasteiger partial charge on any atom is -0.380 e. The molecule has 4 nitrogen and oxygen atoms in total. The lowest BCUT2D eigenvalue weighted by molar-refractivity contribution is 0.0625. The lowest BCUT2D eigenvalue weighted by Gasteiger charge is -2.42. The van der Waals surface area contributed by atoms with E-state index in [0.29, 0.717) is 38.0 Å². The predicted octanol–water partition coefficient (Wildman–Crippen LogP) is 1.86. The van der Waals surface area contributed by atoms with Crippen molar-refractivity contribution in [2.75, 3.05) is 25.5 Å². The monoisotopic (exact) mass is 335 g/mol. The highest BCUT2D eigenvalue weighted by molar-refractivity contribution is 8.00. The first-order valence-electron chi connectivity index (χ1n) is 6.66. The Bertz CT molecular complexity index is 636. The van der Waals surface area contributed by atoms with Crippen LogP contribution in [0.4, 0.5) is 8.78 Å².